The summed E-state index contributed by atoms with van der Waals surface area (Å²) < 4.78 is 5.32. The van der Waals surface area contributed by atoms with Gasteiger partial charge in [0.1, 0.15) is 16.5 Å². The van der Waals surface area contributed by atoms with Gasteiger partial charge in [-0.3, -0.25) is 14.4 Å². The Morgan fingerprint density at radius 3 is 2.29 bits per heavy atom. The lowest BCUT2D eigenvalue weighted by molar-refractivity contribution is -0.120. The molecule has 0 radical (unpaired) electrons. The number of carbonyl (C=O) groups excluding carboxylic acids is 3. The molecule has 1 heterocycles. The Balaban J connectivity index is 1.54. The second-order valence-electron chi connectivity index (χ2n) is 7.71. The van der Waals surface area contributed by atoms with Crippen molar-refractivity contribution in [3.63, 3.8) is 0 Å². The van der Waals surface area contributed by atoms with E-state index in [0.717, 1.165) is 16.2 Å². The number of para-hydroxylation sites is 1. The third-order valence-corrected chi connectivity index (χ3v) is 5.80. The molecular formula is C26H22ClN3O4. The Labute approximate surface area is 202 Å². The molecule has 1 aliphatic rings. The first-order valence-corrected chi connectivity index (χ1v) is 10.8. The number of imide groups is 1. The molecule has 3 aromatic carbocycles. The molecule has 0 saturated heterocycles. The molecule has 172 valence electrons. The van der Waals surface area contributed by atoms with Crippen molar-refractivity contribution in [2.24, 2.45) is 0 Å². The summed E-state index contributed by atoms with van der Waals surface area (Å²) in [6, 6.07) is 21.1. The predicted molar refractivity (Wildman–Crippen MR) is 132 cm³/mol. The SMILES string of the molecule is COc1ccc(C)cc1N1C(=O)C(Cl)=C(Nc2ccc(C(=O)N(C)c3ccccc3)cc2)C1=O. The quantitative estimate of drug-likeness (QED) is 0.522. The minimum Gasteiger partial charge on any atom is -0.495 e. The third kappa shape index (κ3) is 4.25. The van der Waals surface area contributed by atoms with E-state index in [4.69, 9.17) is 16.3 Å². The number of anilines is 3. The molecule has 3 amide bonds. The van der Waals surface area contributed by atoms with Crippen LogP contribution < -0.4 is 19.9 Å². The molecule has 0 fully saturated rings. The second-order valence-corrected chi connectivity index (χ2v) is 8.09. The van der Waals surface area contributed by atoms with Crippen molar-refractivity contribution >= 4 is 46.4 Å². The van der Waals surface area contributed by atoms with Crippen LogP contribution in [-0.4, -0.2) is 31.9 Å². The summed E-state index contributed by atoms with van der Waals surface area (Å²) in [5.74, 6) is -1.04. The van der Waals surface area contributed by atoms with Crippen LogP contribution in [0.4, 0.5) is 17.1 Å². The summed E-state index contributed by atoms with van der Waals surface area (Å²) in [5, 5.41) is 2.70. The van der Waals surface area contributed by atoms with Crippen molar-refractivity contribution in [3.05, 3.63) is 94.7 Å². The minimum atomic E-state index is -0.644. The van der Waals surface area contributed by atoms with Crippen molar-refractivity contribution in [2.75, 3.05) is 29.3 Å². The number of hydrogen-bond acceptors (Lipinski definition) is 5. The highest BCUT2D eigenvalue weighted by atomic mass is 35.5. The molecule has 1 N–H and O–H groups in total. The summed E-state index contributed by atoms with van der Waals surface area (Å²) in [7, 11) is 3.16. The lowest BCUT2D eigenvalue weighted by Crippen LogP contribution is -2.32. The molecule has 0 spiro atoms. The number of hydrogen-bond donors (Lipinski definition) is 1. The highest BCUT2D eigenvalue weighted by Crippen LogP contribution is 2.36. The Morgan fingerprint density at radius 1 is 0.971 bits per heavy atom. The van der Waals surface area contributed by atoms with Gasteiger partial charge in [-0.2, -0.15) is 0 Å². The summed E-state index contributed by atoms with van der Waals surface area (Å²) >= 11 is 6.25. The fraction of sp³-hybridized carbons (Fsp3) is 0.115. The average molecular weight is 476 g/mol. The number of halogens is 1. The highest BCUT2D eigenvalue weighted by Gasteiger charge is 2.40. The topological polar surface area (TPSA) is 79.0 Å². The zero-order valence-corrected chi connectivity index (χ0v) is 19.6. The van der Waals surface area contributed by atoms with Gasteiger partial charge in [-0.15, -0.1) is 0 Å². The number of aryl methyl sites for hydroxylation is 1. The summed E-state index contributed by atoms with van der Waals surface area (Å²) in [6.07, 6.45) is 0. The molecular weight excluding hydrogens is 454 g/mol. The van der Waals surface area contributed by atoms with Gasteiger partial charge in [0.05, 0.1) is 12.8 Å². The lowest BCUT2D eigenvalue weighted by atomic mass is 10.1. The highest BCUT2D eigenvalue weighted by molar-refractivity contribution is 6.53. The molecule has 0 aromatic heterocycles. The van der Waals surface area contributed by atoms with Crippen LogP contribution in [0.5, 0.6) is 5.75 Å². The van der Waals surface area contributed by atoms with Crippen LogP contribution in [0.25, 0.3) is 0 Å². The standard InChI is InChI=1S/C26H22ClN3O4/c1-16-9-14-21(34-3)20(15-16)30-25(32)22(27)23(26(30)33)28-18-12-10-17(11-13-18)24(31)29(2)19-7-5-4-6-8-19/h4-15,28H,1-3H3. The lowest BCUT2D eigenvalue weighted by Gasteiger charge is -2.19. The molecule has 7 nitrogen and oxygen atoms in total. The van der Waals surface area contributed by atoms with E-state index >= 15 is 0 Å². The number of nitrogens with zero attached hydrogens (tertiary/aromatic N) is 2. The Morgan fingerprint density at radius 2 is 1.65 bits per heavy atom. The normalized spacial score (nSPS) is 13.4. The van der Waals surface area contributed by atoms with Crippen molar-refractivity contribution in [1.29, 1.82) is 0 Å². The summed E-state index contributed by atoms with van der Waals surface area (Å²) in [5.41, 5.74) is 2.87. The van der Waals surface area contributed by atoms with Crippen molar-refractivity contribution in [1.82, 2.24) is 0 Å². The van der Waals surface area contributed by atoms with Crippen LogP contribution in [0.1, 0.15) is 15.9 Å². The maximum atomic E-state index is 13.1. The molecule has 4 rings (SSSR count). The van der Waals surface area contributed by atoms with Crippen LogP contribution in [-0.2, 0) is 9.59 Å². The van der Waals surface area contributed by atoms with E-state index in [1.807, 2.05) is 43.3 Å². The Kier molecular flexibility index (Phi) is 6.38. The van der Waals surface area contributed by atoms with E-state index in [9.17, 15) is 14.4 Å². The number of amides is 3. The fourth-order valence-corrected chi connectivity index (χ4v) is 3.82. The second kappa shape index (κ2) is 9.41. The minimum absolute atomic E-state index is 0.0456. The van der Waals surface area contributed by atoms with Crippen molar-refractivity contribution < 1.29 is 19.1 Å². The van der Waals surface area contributed by atoms with Crippen LogP contribution >= 0.6 is 11.6 Å². The average Bonchev–Trinajstić information content (AvgIpc) is 3.07. The van der Waals surface area contributed by atoms with Gasteiger partial charge in [0.2, 0.25) is 0 Å². The first-order valence-electron chi connectivity index (χ1n) is 10.4. The van der Waals surface area contributed by atoms with Gasteiger partial charge in [-0.05, 0) is 61.0 Å². The van der Waals surface area contributed by atoms with E-state index in [0.29, 0.717) is 22.7 Å². The van der Waals surface area contributed by atoms with Gasteiger partial charge in [0.15, 0.2) is 0 Å². The van der Waals surface area contributed by atoms with Crippen molar-refractivity contribution in [3.8, 4) is 5.75 Å². The summed E-state index contributed by atoms with van der Waals surface area (Å²) in [4.78, 5) is 41.3. The van der Waals surface area contributed by atoms with Gasteiger partial charge in [-0.25, -0.2) is 4.90 Å². The van der Waals surface area contributed by atoms with Gasteiger partial charge >= 0.3 is 0 Å². The fourth-order valence-electron chi connectivity index (χ4n) is 3.61. The number of methoxy groups -OCH3 is 1. The van der Waals surface area contributed by atoms with Crippen LogP contribution in [0, 0.1) is 6.92 Å². The molecule has 8 heteroatoms. The van der Waals surface area contributed by atoms with Gasteiger partial charge < -0.3 is 15.0 Å². The van der Waals surface area contributed by atoms with Gasteiger partial charge in [-0.1, -0.05) is 35.9 Å². The van der Waals surface area contributed by atoms with Gasteiger partial charge in [0, 0.05) is 24.0 Å². The molecule has 0 bridgehead atoms. The van der Waals surface area contributed by atoms with E-state index in [1.165, 1.54) is 7.11 Å². The van der Waals surface area contributed by atoms with E-state index in [-0.39, 0.29) is 16.6 Å². The number of rotatable bonds is 6. The third-order valence-electron chi connectivity index (χ3n) is 5.45. The molecule has 0 saturated carbocycles. The first kappa shape index (κ1) is 23.1. The van der Waals surface area contributed by atoms with Crippen LogP contribution in [0.2, 0.25) is 0 Å². The smallest absolute Gasteiger partial charge is 0.283 e. The van der Waals surface area contributed by atoms with Crippen LogP contribution in [0.3, 0.4) is 0 Å². The van der Waals surface area contributed by atoms with E-state index in [1.54, 1.807) is 48.3 Å². The molecule has 1 aliphatic heterocycles. The molecule has 0 aliphatic carbocycles. The molecule has 0 atom stereocenters. The zero-order valence-electron chi connectivity index (χ0n) is 18.8. The monoisotopic (exact) mass is 475 g/mol. The number of nitrogens with one attached hydrogen (secondary N) is 1. The van der Waals surface area contributed by atoms with Crippen LogP contribution in [0.15, 0.2) is 83.5 Å². The predicted octanol–water partition coefficient (Wildman–Crippen LogP) is 4.72. The molecule has 3 aromatic rings. The maximum Gasteiger partial charge on any atom is 0.283 e. The maximum absolute atomic E-state index is 13.1. The summed E-state index contributed by atoms with van der Waals surface area (Å²) in [6.45, 7) is 1.85. The molecule has 0 unspecified atom stereocenters. The molecule has 34 heavy (non-hydrogen) atoms. The van der Waals surface area contributed by atoms with E-state index < -0.39 is 11.8 Å². The van der Waals surface area contributed by atoms with Crippen molar-refractivity contribution in [2.45, 2.75) is 6.92 Å². The Bertz CT molecular complexity index is 1300. The Hall–Kier alpha value is -4.10. The zero-order chi connectivity index (χ0) is 24.4. The van der Waals surface area contributed by atoms with E-state index in [2.05, 4.69) is 5.32 Å². The number of carbonyl (C=O) groups is 3. The number of ether oxygens (including phenoxy) is 1. The first-order chi connectivity index (χ1) is 16.3. The van der Waals surface area contributed by atoms with Gasteiger partial charge in [0.25, 0.3) is 17.7 Å². The largest absolute Gasteiger partial charge is 0.495 e. The number of benzene rings is 3.